The number of hydrogen-bond donors (Lipinski definition) is 2. The minimum atomic E-state index is -0.686. The van der Waals surface area contributed by atoms with Crippen LogP contribution in [0, 0.1) is 13.8 Å². The third-order valence-corrected chi connectivity index (χ3v) is 5.67. The Kier molecular flexibility index (Phi) is 4.93. The number of nitrogens with two attached hydrogens (primary N) is 1. The highest BCUT2D eigenvalue weighted by atomic mass is 35.5. The summed E-state index contributed by atoms with van der Waals surface area (Å²) in [6.45, 7) is 3.36. The zero-order valence-electron chi connectivity index (χ0n) is 15.5. The Hall–Kier alpha value is -3.04. The standard InChI is InChI=1S/C19H16ClN3O5S/c1-8-3-9(2)22-18-15(8)16(21)17(29-18)19(25)26-6-14(24)23-11-5-13-12(4-10(11)20)27-7-28-13/h3-5H,6-7,21H2,1-2H3,(H,23,24). The van der Waals surface area contributed by atoms with Crippen molar-refractivity contribution < 1.29 is 23.8 Å². The van der Waals surface area contributed by atoms with Crippen molar-refractivity contribution in [2.45, 2.75) is 13.8 Å². The molecule has 2 aromatic heterocycles. The molecule has 29 heavy (non-hydrogen) atoms. The van der Waals surface area contributed by atoms with Crippen molar-refractivity contribution in [3.8, 4) is 11.5 Å². The van der Waals surface area contributed by atoms with E-state index >= 15 is 0 Å². The predicted octanol–water partition coefficient (Wildman–Crippen LogP) is 3.67. The fourth-order valence-electron chi connectivity index (χ4n) is 3.02. The number of anilines is 2. The molecule has 0 unspecified atom stereocenters. The Balaban J connectivity index is 1.45. The number of halogens is 1. The lowest BCUT2D eigenvalue weighted by atomic mass is 10.1. The summed E-state index contributed by atoms with van der Waals surface area (Å²) < 4.78 is 15.6. The summed E-state index contributed by atoms with van der Waals surface area (Å²) in [5, 5.41) is 3.58. The number of rotatable bonds is 4. The molecule has 0 fully saturated rings. The van der Waals surface area contributed by atoms with Crippen molar-refractivity contribution in [3.63, 3.8) is 0 Å². The number of nitrogens with one attached hydrogen (secondary N) is 1. The molecule has 3 aromatic rings. The molecular formula is C19H16ClN3O5S. The first-order chi connectivity index (χ1) is 13.8. The first-order valence-corrected chi connectivity index (χ1v) is 9.75. The van der Waals surface area contributed by atoms with E-state index in [-0.39, 0.29) is 16.7 Å². The number of carbonyl (C=O) groups is 2. The van der Waals surface area contributed by atoms with Gasteiger partial charge in [-0.3, -0.25) is 4.79 Å². The van der Waals surface area contributed by atoms with E-state index in [4.69, 9.17) is 31.5 Å². The molecule has 3 N–H and O–H groups in total. The van der Waals surface area contributed by atoms with Crippen LogP contribution in [0.3, 0.4) is 0 Å². The number of pyridine rings is 1. The first kappa shape index (κ1) is 19.3. The van der Waals surface area contributed by atoms with Crippen LogP contribution in [0.1, 0.15) is 20.9 Å². The van der Waals surface area contributed by atoms with Gasteiger partial charge in [-0.25, -0.2) is 9.78 Å². The zero-order chi connectivity index (χ0) is 20.7. The highest BCUT2D eigenvalue weighted by Gasteiger charge is 2.22. The molecule has 1 aromatic carbocycles. The Morgan fingerprint density at radius 3 is 2.76 bits per heavy atom. The van der Waals surface area contributed by atoms with Crippen LogP contribution >= 0.6 is 22.9 Å². The van der Waals surface area contributed by atoms with Crippen LogP contribution in [0.5, 0.6) is 11.5 Å². The third kappa shape index (κ3) is 3.66. The lowest BCUT2D eigenvalue weighted by Gasteiger charge is -2.09. The van der Waals surface area contributed by atoms with E-state index in [0.29, 0.717) is 27.7 Å². The number of aryl methyl sites for hydroxylation is 2. The summed E-state index contributed by atoms with van der Waals surface area (Å²) in [5.74, 6) is -0.268. The maximum Gasteiger partial charge on any atom is 0.351 e. The smallest absolute Gasteiger partial charge is 0.351 e. The van der Waals surface area contributed by atoms with E-state index in [0.717, 1.165) is 28.0 Å². The Morgan fingerprint density at radius 1 is 1.28 bits per heavy atom. The summed E-state index contributed by atoms with van der Waals surface area (Å²) in [7, 11) is 0. The first-order valence-electron chi connectivity index (χ1n) is 8.56. The minimum absolute atomic E-state index is 0.0884. The van der Waals surface area contributed by atoms with E-state index in [1.807, 2.05) is 19.9 Å². The van der Waals surface area contributed by atoms with Gasteiger partial charge in [-0.2, -0.15) is 0 Å². The molecular weight excluding hydrogens is 418 g/mol. The third-order valence-electron chi connectivity index (χ3n) is 4.28. The summed E-state index contributed by atoms with van der Waals surface area (Å²) >= 11 is 7.26. The normalized spacial score (nSPS) is 12.2. The van der Waals surface area contributed by atoms with Gasteiger partial charge in [-0.15, -0.1) is 11.3 Å². The van der Waals surface area contributed by atoms with E-state index in [1.54, 1.807) is 12.1 Å². The van der Waals surface area contributed by atoms with E-state index in [2.05, 4.69) is 10.3 Å². The maximum atomic E-state index is 12.4. The van der Waals surface area contributed by atoms with E-state index < -0.39 is 18.5 Å². The van der Waals surface area contributed by atoms with Gasteiger partial charge < -0.3 is 25.3 Å². The van der Waals surface area contributed by atoms with Crippen LogP contribution < -0.4 is 20.5 Å². The number of nitrogens with zero attached hydrogens (tertiary/aromatic N) is 1. The number of benzene rings is 1. The second kappa shape index (κ2) is 7.41. The Labute approximate surface area is 174 Å². The molecule has 1 aliphatic heterocycles. The monoisotopic (exact) mass is 433 g/mol. The topological polar surface area (TPSA) is 113 Å². The van der Waals surface area contributed by atoms with Gasteiger partial charge in [0.25, 0.3) is 5.91 Å². The predicted molar refractivity (Wildman–Crippen MR) is 110 cm³/mol. The average Bonchev–Trinajstić information content (AvgIpc) is 3.23. The van der Waals surface area contributed by atoms with Gasteiger partial charge in [0, 0.05) is 23.2 Å². The number of thiophene rings is 1. The van der Waals surface area contributed by atoms with Gasteiger partial charge in [-0.05, 0) is 25.5 Å². The van der Waals surface area contributed by atoms with Crippen molar-refractivity contribution >= 4 is 56.4 Å². The number of carbonyl (C=O) groups excluding carboxylic acids is 2. The molecule has 0 bridgehead atoms. The van der Waals surface area contributed by atoms with Crippen molar-refractivity contribution in [1.29, 1.82) is 0 Å². The Bertz CT molecular complexity index is 1160. The molecule has 0 saturated carbocycles. The number of ether oxygens (including phenoxy) is 3. The van der Waals surface area contributed by atoms with Crippen LogP contribution in [-0.4, -0.2) is 30.3 Å². The second-order valence-corrected chi connectivity index (χ2v) is 7.82. The summed E-state index contributed by atoms with van der Waals surface area (Å²) in [5.41, 5.74) is 8.51. The summed E-state index contributed by atoms with van der Waals surface area (Å²) in [4.78, 5) is 29.9. The minimum Gasteiger partial charge on any atom is -0.454 e. The quantitative estimate of drug-likeness (QED) is 0.603. The van der Waals surface area contributed by atoms with Crippen LogP contribution in [-0.2, 0) is 9.53 Å². The number of amides is 1. The van der Waals surface area contributed by atoms with Crippen LogP contribution in [0.15, 0.2) is 18.2 Å². The molecule has 0 saturated heterocycles. The van der Waals surface area contributed by atoms with Crippen molar-refractivity contribution in [2.24, 2.45) is 0 Å². The zero-order valence-corrected chi connectivity index (χ0v) is 17.1. The van der Waals surface area contributed by atoms with Gasteiger partial charge in [0.15, 0.2) is 18.1 Å². The van der Waals surface area contributed by atoms with Crippen LogP contribution in [0.2, 0.25) is 5.02 Å². The lowest BCUT2D eigenvalue weighted by molar-refractivity contribution is -0.119. The molecule has 4 rings (SSSR count). The van der Waals surface area contributed by atoms with Gasteiger partial charge in [0.05, 0.1) is 16.4 Å². The highest BCUT2D eigenvalue weighted by molar-refractivity contribution is 7.21. The van der Waals surface area contributed by atoms with E-state index in [9.17, 15) is 9.59 Å². The second-order valence-electron chi connectivity index (χ2n) is 6.42. The van der Waals surface area contributed by atoms with Crippen LogP contribution in [0.25, 0.3) is 10.2 Å². The molecule has 1 amide bonds. The van der Waals surface area contributed by atoms with Gasteiger partial charge in [0.2, 0.25) is 6.79 Å². The number of fused-ring (bicyclic) bond motifs is 2. The number of esters is 1. The lowest BCUT2D eigenvalue weighted by Crippen LogP contribution is -2.21. The highest BCUT2D eigenvalue weighted by Crippen LogP contribution is 2.39. The summed E-state index contributed by atoms with van der Waals surface area (Å²) in [6, 6.07) is 4.98. The molecule has 0 spiro atoms. The van der Waals surface area contributed by atoms with Gasteiger partial charge >= 0.3 is 5.97 Å². The number of aromatic nitrogens is 1. The molecule has 0 aliphatic carbocycles. The summed E-state index contributed by atoms with van der Waals surface area (Å²) in [6.07, 6.45) is 0. The van der Waals surface area contributed by atoms with Crippen molar-refractivity contribution in [2.75, 3.05) is 24.5 Å². The van der Waals surface area contributed by atoms with Crippen molar-refractivity contribution in [1.82, 2.24) is 4.98 Å². The fraction of sp³-hybridized carbons (Fsp3) is 0.211. The molecule has 8 nitrogen and oxygen atoms in total. The molecule has 1 aliphatic rings. The van der Waals surface area contributed by atoms with Crippen LogP contribution in [0.4, 0.5) is 11.4 Å². The molecule has 3 heterocycles. The fourth-order valence-corrected chi connectivity index (χ4v) is 4.33. The molecule has 150 valence electrons. The van der Waals surface area contributed by atoms with Crippen molar-refractivity contribution in [3.05, 3.63) is 39.4 Å². The number of hydrogen-bond acceptors (Lipinski definition) is 8. The molecule has 0 atom stereocenters. The molecule has 10 heteroatoms. The van der Waals surface area contributed by atoms with E-state index in [1.165, 1.54) is 0 Å². The molecule has 0 radical (unpaired) electrons. The van der Waals surface area contributed by atoms with Gasteiger partial charge in [0.1, 0.15) is 9.71 Å². The number of nitrogen functional groups attached to an aromatic ring is 1. The largest absolute Gasteiger partial charge is 0.454 e. The average molecular weight is 434 g/mol. The maximum absolute atomic E-state index is 12.4. The Morgan fingerprint density at radius 2 is 2.00 bits per heavy atom. The van der Waals surface area contributed by atoms with Gasteiger partial charge in [-0.1, -0.05) is 11.6 Å². The SMILES string of the molecule is Cc1cc(C)c2c(N)c(C(=O)OCC(=O)Nc3cc4c(cc3Cl)OCO4)sc2n1.